The maximum atomic E-state index is 13.5. The summed E-state index contributed by atoms with van der Waals surface area (Å²) in [4.78, 5) is 52.3. The maximum Gasteiger partial charge on any atom is 0.408 e. The minimum absolute atomic E-state index is 0.0988. The van der Waals surface area contributed by atoms with Gasteiger partial charge in [-0.1, -0.05) is 26.8 Å². The van der Waals surface area contributed by atoms with Gasteiger partial charge >= 0.3 is 12.1 Å². The summed E-state index contributed by atoms with van der Waals surface area (Å²) in [5.74, 6) is -0.913. The van der Waals surface area contributed by atoms with E-state index in [1.807, 2.05) is 20.8 Å². The van der Waals surface area contributed by atoms with Gasteiger partial charge in [0.1, 0.15) is 23.7 Å². The molecule has 0 spiro atoms. The van der Waals surface area contributed by atoms with E-state index in [0.717, 1.165) is 12.8 Å². The standard InChI is InChI=1S/C24H35N3O6/c1-5-15-12-24(15,21(30)31)26-19(28)17-7-6-8-27(17)20(29)18(23(2,3)4)25-22(32)33-16-10-13-9-14(13)11-16/h5,13-18H,1,6-12H2,2-4H3,(H,25,32)(H,26,28)(H,30,31)/t13-,14+,15-,16?,17+,18-,24?/m1/s1. The quantitative estimate of drug-likeness (QED) is 0.499. The molecule has 3 aliphatic carbocycles. The van der Waals surface area contributed by atoms with Gasteiger partial charge in [0.25, 0.3) is 0 Å². The van der Waals surface area contributed by atoms with Crippen molar-refractivity contribution in [3.8, 4) is 0 Å². The first-order valence-corrected chi connectivity index (χ1v) is 11.9. The van der Waals surface area contributed by atoms with Gasteiger partial charge in [-0.3, -0.25) is 9.59 Å². The van der Waals surface area contributed by atoms with Crippen LogP contribution in [-0.2, 0) is 19.1 Å². The number of amides is 3. The number of hydrogen-bond donors (Lipinski definition) is 3. The van der Waals surface area contributed by atoms with Crippen molar-refractivity contribution in [1.82, 2.24) is 15.5 Å². The van der Waals surface area contributed by atoms with Gasteiger partial charge < -0.3 is 25.4 Å². The number of nitrogens with one attached hydrogen (secondary N) is 2. The normalized spacial score (nSPS) is 35.2. The Kier molecular flexibility index (Phi) is 5.95. The summed E-state index contributed by atoms with van der Waals surface area (Å²) in [7, 11) is 0. The van der Waals surface area contributed by atoms with Gasteiger partial charge in [-0.25, -0.2) is 9.59 Å². The van der Waals surface area contributed by atoms with Crippen molar-refractivity contribution < 1.29 is 29.0 Å². The van der Waals surface area contributed by atoms with Gasteiger partial charge in [0, 0.05) is 12.5 Å². The van der Waals surface area contributed by atoms with E-state index in [1.165, 1.54) is 17.4 Å². The highest BCUT2D eigenvalue weighted by Crippen LogP contribution is 2.52. The number of alkyl carbamates (subject to hydrolysis) is 1. The van der Waals surface area contributed by atoms with E-state index in [-0.39, 0.29) is 17.9 Å². The van der Waals surface area contributed by atoms with E-state index < -0.39 is 41.0 Å². The lowest BCUT2D eigenvalue weighted by molar-refractivity contribution is -0.146. The summed E-state index contributed by atoms with van der Waals surface area (Å²) in [6.45, 7) is 9.56. The lowest BCUT2D eigenvalue weighted by Gasteiger charge is -2.35. The van der Waals surface area contributed by atoms with Crippen LogP contribution in [0.2, 0.25) is 0 Å². The molecule has 1 heterocycles. The SMILES string of the molecule is C=C[C@@H]1CC1(NC(=O)[C@@H]1CCCN1C(=O)[C@@H](NC(=O)OC1C[C@@H]2C[C@@H]2C1)C(C)(C)C)C(=O)O. The second kappa shape index (κ2) is 8.33. The molecule has 0 aromatic carbocycles. The van der Waals surface area contributed by atoms with Crippen molar-refractivity contribution in [3.63, 3.8) is 0 Å². The highest BCUT2D eigenvalue weighted by atomic mass is 16.6. The fourth-order valence-electron chi connectivity index (χ4n) is 5.49. The van der Waals surface area contributed by atoms with Crippen molar-refractivity contribution in [2.45, 2.75) is 83.0 Å². The predicted molar refractivity (Wildman–Crippen MR) is 119 cm³/mol. The van der Waals surface area contributed by atoms with Crippen LogP contribution in [0.15, 0.2) is 12.7 Å². The van der Waals surface area contributed by atoms with Crippen molar-refractivity contribution in [2.24, 2.45) is 23.2 Å². The molecule has 9 nitrogen and oxygen atoms in total. The summed E-state index contributed by atoms with van der Waals surface area (Å²) < 4.78 is 5.57. The zero-order valence-electron chi connectivity index (χ0n) is 19.6. The van der Waals surface area contributed by atoms with Gasteiger partial charge in [0.15, 0.2) is 0 Å². The average molecular weight is 462 g/mol. The lowest BCUT2D eigenvalue weighted by Crippen LogP contribution is -2.59. The molecule has 3 saturated carbocycles. The van der Waals surface area contributed by atoms with Crippen LogP contribution in [0.3, 0.4) is 0 Å². The molecule has 0 aromatic heterocycles. The predicted octanol–water partition coefficient (Wildman–Crippen LogP) is 2.06. The monoisotopic (exact) mass is 461 g/mol. The van der Waals surface area contributed by atoms with E-state index in [1.54, 1.807) is 0 Å². The Balaban J connectivity index is 1.41. The third kappa shape index (κ3) is 4.59. The number of rotatable bonds is 7. The molecule has 182 valence electrons. The minimum atomic E-state index is -1.34. The molecule has 33 heavy (non-hydrogen) atoms. The van der Waals surface area contributed by atoms with Crippen LogP contribution in [0.5, 0.6) is 0 Å². The second-order valence-electron chi connectivity index (χ2n) is 11.2. The first-order chi connectivity index (χ1) is 15.5. The Morgan fingerprint density at radius 3 is 2.39 bits per heavy atom. The van der Waals surface area contributed by atoms with Gasteiger partial charge in [0.05, 0.1) is 0 Å². The summed E-state index contributed by atoms with van der Waals surface area (Å²) in [5, 5.41) is 15.0. The molecule has 7 atom stereocenters. The number of likely N-dealkylation sites (tertiary alicyclic amines) is 1. The van der Waals surface area contributed by atoms with E-state index in [2.05, 4.69) is 17.2 Å². The molecule has 3 N–H and O–H groups in total. The molecular weight excluding hydrogens is 426 g/mol. The molecule has 0 aromatic rings. The largest absolute Gasteiger partial charge is 0.479 e. The molecular formula is C24H35N3O6. The molecule has 0 radical (unpaired) electrons. The number of carbonyl (C=O) groups is 4. The number of ether oxygens (including phenoxy) is 1. The van der Waals surface area contributed by atoms with Crippen LogP contribution >= 0.6 is 0 Å². The fraction of sp³-hybridized carbons (Fsp3) is 0.750. The van der Waals surface area contributed by atoms with E-state index in [4.69, 9.17) is 4.74 Å². The summed E-state index contributed by atoms with van der Waals surface area (Å²) >= 11 is 0. The maximum absolute atomic E-state index is 13.5. The van der Waals surface area contributed by atoms with Crippen molar-refractivity contribution >= 4 is 23.9 Å². The summed E-state index contributed by atoms with van der Waals surface area (Å²) in [6.07, 6.45) is 5.18. The highest BCUT2D eigenvalue weighted by molar-refractivity contribution is 5.96. The smallest absolute Gasteiger partial charge is 0.408 e. The number of nitrogens with zero attached hydrogens (tertiary/aromatic N) is 1. The number of carbonyl (C=O) groups excluding carboxylic acids is 3. The fourth-order valence-corrected chi connectivity index (χ4v) is 5.49. The lowest BCUT2D eigenvalue weighted by atomic mass is 9.85. The summed E-state index contributed by atoms with van der Waals surface area (Å²) in [5.41, 5.74) is -1.95. The molecule has 9 heteroatoms. The molecule has 1 saturated heterocycles. The van der Waals surface area contributed by atoms with E-state index in [9.17, 15) is 24.3 Å². The van der Waals surface area contributed by atoms with Gasteiger partial charge in [-0.15, -0.1) is 6.58 Å². The molecule has 0 bridgehead atoms. The molecule has 3 amide bonds. The van der Waals surface area contributed by atoms with Crippen LogP contribution in [-0.4, -0.2) is 64.2 Å². The van der Waals surface area contributed by atoms with Crippen LogP contribution in [0.25, 0.3) is 0 Å². The molecule has 4 fully saturated rings. The topological polar surface area (TPSA) is 125 Å². The van der Waals surface area contributed by atoms with Crippen molar-refractivity contribution in [1.29, 1.82) is 0 Å². The average Bonchev–Trinajstić information content (AvgIpc) is 3.50. The first-order valence-electron chi connectivity index (χ1n) is 11.9. The first kappa shape index (κ1) is 23.6. The van der Waals surface area contributed by atoms with Crippen LogP contribution in [0.4, 0.5) is 4.79 Å². The second-order valence-corrected chi connectivity index (χ2v) is 11.2. The van der Waals surface area contributed by atoms with Crippen molar-refractivity contribution in [2.75, 3.05) is 6.54 Å². The third-order valence-corrected chi connectivity index (χ3v) is 7.71. The number of aliphatic carboxylic acids is 1. The van der Waals surface area contributed by atoms with E-state index >= 15 is 0 Å². The van der Waals surface area contributed by atoms with Crippen LogP contribution in [0.1, 0.15) is 59.3 Å². The Morgan fingerprint density at radius 1 is 1.18 bits per heavy atom. The number of carboxylic acids is 1. The van der Waals surface area contributed by atoms with Crippen LogP contribution < -0.4 is 10.6 Å². The van der Waals surface area contributed by atoms with Crippen molar-refractivity contribution in [3.05, 3.63) is 12.7 Å². The Labute approximate surface area is 194 Å². The van der Waals surface area contributed by atoms with Gasteiger partial charge in [0.2, 0.25) is 11.8 Å². The zero-order chi connectivity index (χ0) is 24.1. The van der Waals surface area contributed by atoms with Crippen LogP contribution in [0, 0.1) is 23.2 Å². The zero-order valence-corrected chi connectivity index (χ0v) is 19.6. The molecule has 4 aliphatic rings. The number of fused-ring (bicyclic) bond motifs is 1. The Morgan fingerprint density at radius 2 is 1.85 bits per heavy atom. The molecule has 4 rings (SSSR count). The van der Waals surface area contributed by atoms with Gasteiger partial charge in [-0.2, -0.15) is 0 Å². The number of carboxylic acid groups (broad SMARTS) is 1. The Hall–Kier alpha value is -2.58. The minimum Gasteiger partial charge on any atom is -0.479 e. The number of hydrogen-bond acceptors (Lipinski definition) is 5. The van der Waals surface area contributed by atoms with Gasteiger partial charge in [-0.05, 0) is 55.8 Å². The highest BCUT2D eigenvalue weighted by Gasteiger charge is 2.61. The Bertz CT molecular complexity index is 857. The summed E-state index contributed by atoms with van der Waals surface area (Å²) in [6, 6.07) is -1.64. The molecule has 1 aliphatic heterocycles. The third-order valence-electron chi connectivity index (χ3n) is 7.71. The van der Waals surface area contributed by atoms with E-state index in [0.29, 0.717) is 37.6 Å². The molecule has 2 unspecified atom stereocenters.